The summed E-state index contributed by atoms with van der Waals surface area (Å²) in [6, 6.07) is 6.65. The van der Waals surface area contributed by atoms with Crippen molar-refractivity contribution in [2.75, 3.05) is 0 Å². The lowest BCUT2D eigenvalue weighted by Gasteiger charge is -2.17. The molecule has 0 atom stereocenters. The second-order valence-electron chi connectivity index (χ2n) is 7.13. The third-order valence-corrected chi connectivity index (χ3v) is 5.00. The Hall–Kier alpha value is -2.80. The molecule has 9 heteroatoms. The number of benzene rings is 1. The van der Waals surface area contributed by atoms with Crippen LogP contribution in [0.3, 0.4) is 0 Å². The minimum atomic E-state index is -0.887. The molecule has 152 valence electrons. The molecule has 0 radical (unpaired) electrons. The van der Waals surface area contributed by atoms with E-state index in [9.17, 15) is 20.2 Å². The van der Waals surface area contributed by atoms with E-state index in [1.54, 1.807) is 0 Å². The molecule has 1 aromatic carbocycles. The highest BCUT2D eigenvalue weighted by Gasteiger charge is 2.18. The van der Waals surface area contributed by atoms with Gasteiger partial charge in [-0.3, -0.25) is 20.2 Å². The van der Waals surface area contributed by atoms with Gasteiger partial charge < -0.3 is 5.11 Å². The summed E-state index contributed by atoms with van der Waals surface area (Å²) >= 11 is 0. The average Bonchev–Trinajstić information content (AvgIpc) is 2.70. The molecule has 2 aliphatic carbocycles. The fourth-order valence-corrected chi connectivity index (χ4v) is 3.39. The molecular formula is C19H26N4O5. The van der Waals surface area contributed by atoms with Gasteiger partial charge in [0.2, 0.25) is 0 Å². The predicted molar refractivity (Wildman–Crippen MR) is 105 cm³/mol. The number of rotatable bonds is 4. The smallest absolute Gasteiger partial charge is 0.317 e. The number of phenols is 1. The maximum atomic E-state index is 10.2. The van der Waals surface area contributed by atoms with Gasteiger partial charge in [-0.25, -0.2) is 9.98 Å². The molecule has 0 spiro atoms. The number of hydrogen-bond acceptors (Lipinski definition) is 7. The van der Waals surface area contributed by atoms with Crippen LogP contribution >= 0.6 is 0 Å². The maximum absolute atomic E-state index is 10.2. The Morgan fingerprint density at radius 2 is 1.36 bits per heavy atom. The van der Waals surface area contributed by atoms with E-state index in [4.69, 9.17) is 5.11 Å². The topological polar surface area (TPSA) is 131 Å². The summed E-state index contributed by atoms with van der Waals surface area (Å²) in [5.41, 5.74) is -1.10. The van der Waals surface area contributed by atoms with Crippen LogP contribution in [-0.4, -0.2) is 33.0 Å². The van der Waals surface area contributed by atoms with Gasteiger partial charge in [0.25, 0.3) is 5.69 Å². The molecule has 2 saturated carbocycles. The van der Waals surface area contributed by atoms with E-state index >= 15 is 0 Å². The van der Waals surface area contributed by atoms with Crippen molar-refractivity contribution in [3.8, 4) is 5.75 Å². The monoisotopic (exact) mass is 390 g/mol. The number of nitro groups is 2. The van der Waals surface area contributed by atoms with Crippen LogP contribution in [0.5, 0.6) is 5.75 Å². The summed E-state index contributed by atoms with van der Waals surface area (Å²) in [5, 5.41) is 29.3. The Kier molecular flexibility index (Phi) is 8.55. The fraction of sp³-hybridized carbons (Fsp3) is 0.632. The zero-order chi connectivity index (χ0) is 20.4. The molecule has 9 nitrogen and oxygen atoms in total. The Morgan fingerprint density at radius 1 is 0.857 bits per heavy atom. The molecule has 0 saturated heterocycles. The lowest BCUT2D eigenvalue weighted by molar-refractivity contribution is -0.394. The highest BCUT2D eigenvalue weighted by Crippen LogP contribution is 2.29. The first kappa shape index (κ1) is 21.5. The Bertz CT molecular complexity index is 712. The van der Waals surface area contributed by atoms with Crippen LogP contribution in [0, 0.1) is 20.2 Å². The molecule has 0 bridgehead atoms. The summed E-state index contributed by atoms with van der Waals surface area (Å²) in [7, 11) is 0. The van der Waals surface area contributed by atoms with Crippen molar-refractivity contribution >= 4 is 17.4 Å². The first-order chi connectivity index (χ1) is 13.5. The number of aromatic hydroxyl groups is 1. The van der Waals surface area contributed by atoms with Crippen LogP contribution in [0.15, 0.2) is 28.2 Å². The lowest BCUT2D eigenvalue weighted by Crippen LogP contribution is -2.10. The second kappa shape index (κ2) is 11.1. The number of non-ortho nitro benzene ring substituents is 1. The quantitative estimate of drug-likeness (QED) is 0.437. The lowest BCUT2D eigenvalue weighted by atomic mass is 9.96. The van der Waals surface area contributed by atoms with Crippen LogP contribution in [0.2, 0.25) is 0 Å². The van der Waals surface area contributed by atoms with Gasteiger partial charge in [0.05, 0.1) is 34.0 Å². The minimum absolute atomic E-state index is 0.426. The zero-order valence-electron chi connectivity index (χ0n) is 15.8. The first-order valence-electron chi connectivity index (χ1n) is 9.74. The number of phenolic OH excluding ortho intramolecular Hbond substituents is 1. The summed E-state index contributed by atoms with van der Waals surface area (Å²) in [6.45, 7) is 0. The molecule has 28 heavy (non-hydrogen) atoms. The normalized spacial score (nSPS) is 17.6. The fourth-order valence-electron chi connectivity index (χ4n) is 3.39. The zero-order valence-corrected chi connectivity index (χ0v) is 15.8. The molecule has 2 fully saturated rings. The van der Waals surface area contributed by atoms with Gasteiger partial charge in [0.1, 0.15) is 0 Å². The van der Waals surface area contributed by atoms with Crippen molar-refractivity contribution in [3.05, 3.63) is 38.4 Å². The molecule has 0 heterocycles. The van der Waals surface area contributed by atoms with Gasteiger partial charge in [-0.2, -0.15) is 0 Å². The molecule has 1 aromatic rings. The van der Waals surface area contributed by atoms with Crippen molar-refractivity contribution < 1.29 is 15.0 Å². The first-order valence-corrected chi connectivity index (χ1v) is 9.74. The molecule has 0 unspecified atom stereocenters. The van der Waals surface area contributed by atoms with Crippen molar-refractivity contribution in [1.29, 1.82) is 0 Å². The highest BCUT2D eigenvalue weighted by molar-refractivity contribution is 5.52. The van der Waals surface area contributed by atoms with E-state index in [0.717, 1.165) is 12.1 Å². The number of hydrogen-bond donors (Lipinski definition) is 1. The third kappa shape index (κ3) is 7.08. The number of nitrogens with zero attached hydrogens (tertiary/aromatic N) is 4. The third-order valence-electron chi connectivity index (χ3n) is 5.00. The van der Waals surface area contributed by atoms with E-state index in [1.165, 1.54) is 64.2 Å². The van der Waals surface area contributed by atoms with Gasteiger partial charge >= 0.3 is 5.69 Å². The molecule has 0 aromatic heterocycles. The van der Waals surface area contributed by atoms with E-state index in [1.807, 2.05) is 0 Å². The Labute approximate surface area is 163 Å². The standard InChI is InChI=1S/C13H22N2.C6H4N2O5/c1-3-7-12(8-4-1)14-11-15-13-9-5-2-6-10-13;9-6-2-1-4(7(10)11)3-5(6)8(12)13/h12-13H,1-10H2;1-3,9H. The highest BCUT2D eigenvalue weighted by atomic mass is 16.6. The summed E-state index contributed by atoms with van der Waals surface area (Å²) in [4.78, 5) is 27.7. The van der Waals surface area contributed by atoms with Crippen molar-refractivity contribution in [1.82, 2.24) is 0 Å². The SMILES string of the molecule is C(=NC1CCCCC1)=NC1CCCCC1.O=[N+]([O-])c1ccc(O)c([N+](=O)[O-])c1. The van der Waals surface area contributed by atoms with Gasteiger partial charge in [0.15, 0.2) is 5.75 Å². The van der Waals surface area contributed by atoms with E-state index in [0.29, 0.717) is 18.2 Å². The van der Waals surface area contributed by atoms with Crippen LogP contribution in [-0.2, 0) is 0 Å². The predicted octanol–water partition coefficient (Wildman–Crippen LogP) is 5.03. The van der Waals surface area contributed by atoms with Gasteiger partial charge in [-0.05, 0) is 31.7 Å². The Balaban J connectivity index is 0.000000203. The van der Waals surface area contributed by atoms with E-state index < -0.39 is 27.0 Å². The number of aliphatic imine (C=N–C) groups is 2. The van der Waals surface area contributed by atoms with Crippen LogP contribution in [0.4, 0.5) is 11.4 Å². The molecule has 3 rings (SSSR count). The van der Waals surface area contributed by atoms with Gasteiger partial charge in [0, 0.05) is 6.07 Å². The summed E-state index contributed by atoms with van der Waals surface area (Å²) in [6.07, 6.45) is 13.2. The van der Waals surface area contributed by atoms with Crippen molar-refractivity contribution in [3.63, 3.8) is 0 Å². The average molecular weight is 390 g/mol. The van der Waals surface area contributed by atoms with Gasteiger partial charge in [-0.1, -0.05) is 38.5 Å². The van der Waals surface area contributed by atoms with E-state index in [2.05, 4.69) is 16.0 Å². The van der Waals surface area contributed by atoms with Crippen LogP contribution in [0.25, 0.3) is 0 Å². The second-order valence-corrected chi connectivity index (χ2v) is 7.13. The maximum Gasteiger partial charge on any atom is 0.317 e. The Morgan fingerprint density at radius 3 is 1.79 bits per heavy atom. The molecular weight excluding hydrogens is 364 g/mol. The van der Waals surface area contributed by atoms with Gasteiger partial charge in [-0.15, -0.1) is 0 Å². The minimum Gasteiger partial charge on any atom is -0.502 e. The van der Waals surface area contributed by atoms with Crippen LogP contribution in [0.1, 0.15) is 64.2 Å². The molecule has 1 N–H and O–H groups in total. The number of nitro benzene ring substituents is 2. The van der Waals surface area contributed by atoms with E-state index in [-0.39, 0.29) is 0 Å². The summed E-state index contributed by atoms with van der Waals surface area (Å²) in [5.74, 6) is -0.587. The molecule has 0 aliphatic heterocycles. The van der Waals surface area contributed by atoms with Crippen molar-refractivity contribution in [2.24, 2.45) is 9.98 Å². The largest absolute Gasteiger partial charge is 0.502 e. The van der Waals surface area contributed by atoms with Crippen molar-refractivity contribution in [2.45, 2.75) is 76.3 Å². The van der Waals surface area contributed by atoms with Crippen LogP contribution < -0.4 is 0 Å². The molecule has 0 amide bonds. The molecule has 2 aliphatic rings. The summed E-state index contributed by atoms with van der Waals surface area (Å²) < 4.78 is 0.